The zero-order valence-electron chi connectivity index (χ0n) is 13.5. The number of halogens is 1. The van der Waals surface area contributed by atoms with E-state index in [4.69, 9.17) is 4.74 Å². The number of benzene rings is 1. The van der Waals surface area contributed by atoms with Crippen molar-refractivity contribution in [3.8, 4) is 5.75 Å². The molecule has 0 spiro atoms. The van der Waals surface area contributed by atoms with Gasteiger partial charge >= 0.3 is 0 Å². The zero-order valence-corrected chi connectivity index (χ0v) is 13.5. The fourth-order valence-electron chi connectivity index (χ4n) is 2.91. The first-order valence-corrected chi connectivity index (χ1v) is 7.73. The average Bonchev–Trinajstić information content (AvgIpc) is 2.56. The van der Waals surface area contributed by atoms with Crippen molar-refractivity contribution in [1.29, 1.82) is 0 Å². The predicted molar refractivity (Wildman–Crippen MR) is 87.2 cm³/mol. The summed E-state index contributed by atoms with van der Waals surface area (Å²) in [6.07, 6.45) is 3.43. The average molecular weight is 316 g/mol. The lowest BCUT2D eigenvalue weighted by Gasteiger charge is -2.35. The number of hydrogen-bond donors (Lipinski definition) is 0. The molecule has 1 aromatic carbocycles. The molecular formula is C17H21FN4O. The van der Waals surface area contributed by atoms with Crippen LogP contribution in [0.1, 0.15) is 11.1 Å². The first kappa shape index (κ1) is 15.7. The van der Waals surface area contributed by atoms with Crippen LogP contribution in [-0.2, 0) is 6.54 Å². The molecule has 5 nitrogen and oxygen atoms in total. The fraction of sp³-hybridized carbons (Fsp3) is 0.412. The molecule has 0 atom stereocenters. The second-order valence-electron chi connectivity index (χ2n) is 5.76. The van der Waals surface area contributed by atoms with Crippen LogP contribution in [0.25, 0.3) is 0 Å². The quantitative estimate of drug-likeness (QED) is 0.865. The van der Waals surface area contributed by atoms with Gasteiger partial charge in [0.1, 0.15) is 12.1 Å². The molecule has 1 saturated heterocycles. The molecule has 3 rings (SSSR count). The molecule has 122 valence electrons. The highest BCUT2D eigenvalue weighted by molar-refractivity contribution is 5.44. The van der Waals surface area contributed by atoms with Gasteiger partial charge in [0.05, 0.1) is 7.11 Å². The van der Waals surface area contributed by atoms with Crippen LogP contribution in [0.15, 0.2) is 30.7 Å². The third-order valence-corrected chi connectivity index (χ3v) is 4.16. The van der Waals surface area contributed by atoms with Gasteiger partial charge in [0.15, 0.2) is 11.6 Å². The maximum Gasteiger partial charge on any atom is 0.165 e. The number of piperazine rings is 1. The van der Waals surface area contributed by atoms with E-state index in [9.17, 15) is 4.39 Å². The minimum absolute atomic E-state index is 0.290. The Hall–Kier alpha value is -2.21. The Morgan fingerprint density at radius 3 is 2.65 bits per heavy atom. The summed E-state index contributed by atoms with van der Waals surface area (Å²) in [7, 11) is 1.48. The molecule has 6 heteroatoms. The van der Waals surface area contributed by atoms with Crippen LogP contribution in [0.4, 0.5) is 10.2 Å². The molecule has 2 aromatic rings. The van der Waals surface area contributed by atoms with Crippen molar-refractivity contribution in [2.75, 3.05) is 38.2 Å². The van der Waals surface area contributed by atoms with Gasteiger partial charge < -0.3 is 9.64 Å². The van der Waals surface area contributed by atoms with E-state index in [1.165, 1.54) is 7.11 Å². The molecule has 0 aliphatic carbocycles. The number of ether oxygens (including phenoxy) is 1. The van der Waals surface area contributed by atoms with Crippen molar-refractivity contribution in [2.45, 2.75) is 13.5 Å². The molecule has 0 radical (unpaired) electrons. The number of nitrogens with zero attached hydrogens (tertiary/aromatic N) is 4. The number of aromatic nitrogens is 2. The second kappa shape index (κ2) is 6.91. The van der Waals surface area contributed by atoms with Gasteiger partial charge in [0.2, 0.25) is 0 Å². The van der Waals surface area contributed by atoms with Crippen LogP contribution in [0.2, 0.25) is 0 Å². The van der Waals surface area contributed by atoms with Crippen LogP contribution in [-0.4, -0.2) is 48.2 Å². The lowest BCUT2D eigenvalue weighted by atomic mass is 10.1. The molecule has 1 aliphatic heterocycles. The topological polar surface area (TPSA) is 41.5 Å². The standard InChI is InChI=1S/C17H21FN4O/c1-13-10-19-12-20-17(13)22-7-5-21(6-8-22)11-14-3-4-16(23-2)15(18)9-14/h3-4,9-10,12H,5-8,11H2,1-2H3. The van der Waals surface area contributed by atoms with Crippen molar-refractivity contribution in [1.82, 2.24) is 14.9 Å². The summed E-state index contributed by atoms with van der Waals surface area (Å²) in [6, 6.07) is 5.16. The lowest BCUT2D eigenvalue weighted by molar-refractivity contribution is 0.248. The van der Waals surface area contributed by atoms with E-state index in [2.05, 4.69) is 19.8 Å². The van der Waals surface area contributed by atoms with Gasteiger partial charge in [-0.2, -0.15) is 0 Å². The summed E-state index contributed by atoms with van der Waals surface area (Å²) >= 11 is 0. The van der Waals surface area contributed by atoms with E-state index < -0.39 is 0 Å². The monoisotopic (exact) mass is 316 g/mol. The van der Waals surface area contributed by atoms with Crippen molar-refractivity contribution in [2.24, 2.45) is 0 Å². The Labute approximate surface area is 135 Å². The lowest BCUT2D eigenvalue weighted by Crippen LogP contribution is -2.46. The summed E-state index contributed by atoms with van der Waals surface area (Å²) in [5.41, 5.74) is 2.06. The number of rotatable bonds is 4. The van der Waals surface area contributed by atoms with Crippen molar-refractivity contribution >= 4 is 5.82 Å². The highest BCUT2D eigenvalue weighted by Crippen LogP contribution is 2.20. The highest BCUT2D eigenvalue weighted by atomic mass is 19.1. The van der Waals surface area contributed by atoms with Gasteiger partial charge in [-0.3, -0.25) is 4.90 Å². The normalized spacial score (nSPS) is 15.7. The Balaban J connectivity index is 1.59. The molecule has 0 bridgehead atoms. The maximum absolute atomic E-state index is 13.8. The van der Waals surface area contributed by atoms with E-state index in [0.29, 0.717) is 0 Å². The SMILES string of the molecule is COc1ccc(CN2CCN(c3ncncc3C)CC2)cc1F. The fourth-order valence-corrected chi connectivity index (χ4v) is 2.91. The number of hydrogen-bond acceptors (Lipinski definition) is 5. The van der Waals surface area contributed by atoms with Crippen molar-refractivity contribution in [3.63, 3.8) is 0 Å². The largest absolute Gasteiger partial charge is 0.494 e. The Morgan fingerprint density at radius 1 is 1.22 bits per heavy atom. The molecule has 1 aromatic heterocycles. The number of anilines is 1. The van der Waals surface area contributed by atoms with Crippen LogP contribution < -0.4 is 9.64 Å². The van der Waals surface area contributed by atoms with E-state index in [-0.39, 0.29) is 11.6 Å². The number of aryl methyl sites for hydroxylation is 1. The van der Waals surface area contributed by atoms with Crippen LogP contribution in [0.5, 0.6) is 5.75 Å². The molecular weight excluding hydrogens is 295 g/mol. The van der Waals surface area contributed by atoms with E-state index >= 15 is 0 Å². The molecule has 1 fully saturated rings. The Kier molecular flexibility index (Phi) is 4.71. The maximum atomic E-state index is 13.8. The first-order valence-electron chi connectivity index (χ1n) is 7.73. The zero-order chi connectivity index (χ0) is 16.2. The molecule has 2 heterocycles. The summed E-state index contributed by atoms with van der Waals surface area (Å²) in [4.78, 5) is 13.0. The van der Waals surface area contributed by atoms with E-state index in [0.717, 1.165) is 49.7 Å². The smallest absolute Gasteiger partial charge is 0.165 e. The van der Waals surface area contributed by atoms with Crippen LogP contribution in [0, 0.1) is 12.7 Å². The van der Waals surface area contributed by atoms with Gasteiger partial charge in [-0.1, -0.05) is 6.07 Å². The summed E-state index contributed by atoms with van der Waals surface area (Å²) in [6.45, 7) is 6.46. The third-order valence-electron chi connectivity index (χ3n) is 4.16. The highest BCUT2D eigenvalue weighted by Gasteiger charge is 2.19. The van der Waals surface area contributed by atoms with Crippen molar-refractivity contribution < 1.29 is 9.13 Å². The van der Waals surface area contributed by atoms with Crippen LogP contribution >= 0.6 is 0 Å². The Bertz CT molecular complexity index is 671. The Morgan fingerprint density at radius 2 is 2.00 bits per heavy atom. The van der Waals surface area contributed by atoms with E-state index in [1.807, 2.05) is 19.2 Å². The number of methoxy groups -OCH3 is 1. The van der Waals surface area contributed by atoms with Gasteiger partial charge in [0, 0.05) is 44.5 Å². The summed E-state index contributed by atoms with van der Waals surface area (Å²) in [5.74, 6) is 0.994. The molecule has 0 saturated carbocycles. The minimum atomic E-state index is -0.305. The van der Waals surface area contributed by atoms with Gasteiger partial charge in [-0.25, -0.2) is 14.4 Å². The van der Waals surface area contributed by atoms with Gasteiger partial charge in [0.25, 0.3) is 0 Å². The van der Waals surface area contributed by atoms with Gasteiger partial charge in [-0.05, 0) is 24.6 Å². The van der Waals surface area contributed by atoms with Crippen molar-refractivity contribution in [3.05, 3.63) is 47.7 Å². The molecule has 23 heavy (non-hydrogen) atoms. The summed E-state index contributed by atoms with van der Waals surface area (Å²) < 4.78 is 18.7. The summed E-state index contributed by atoms with van der Waals surface area (Å²) in [5, 5.41) is 0. The predicted octanol–water partition coefficient (Wildman–Crippen LogP) is 2.25. The molecule has 0 unspecified atom stereocenters. The second-order valence-corrected chi connectivity index (χ2v) is 5.76. The molecule has 0 amide bonds. The molecule has 0 N–H and O–H groups in total. The van der Waals surface area contributed by atoms with Crippen LogP contribution in [0.3, 0.4) is 0 Å². The van der Waals surface area contributed by atoms with Gasteiger partial charge in [-0.15, -0.1) is 0 Å². The molecule has 1 aliphatic rings. The van der Waals surface area contributed by atoms with E-state index in [1.54, 1.807) is 18.5 Å². The third kappa shape index (κ3) is 3.59. The first-order chi connectivity index (χ1) is 11.2. The minimum Gasteiger partial charge on any atom is -0.494 e.